The minimum atomic E-state index is -0.518. The van der Waals surface area contributed by atoms with Crippen LogP contribution in [0.5, 0.6) is 11.5 Å². The molecule has 0 amide bonds. The highest BCUT2D eigenvalue weighted by atomic mass is 79.9. The molecule has 0 spiro atoms. The van der Waals surface area contributed by atoms with Crippen LogP contribution in [0.15, 0.2) is 59.6 Å². The Morgan fingerprint density at radius 1 is 1.04 bits per heavy atom. The van der Waals surface area contributed by atoms with Gasteiger partial charge in [-0.3, -0.25) is 4.79 Å². The zero-order chi connectivity index (χ0) is 20.4. The number of hydrogen-bond donors (Lipinski definition) is 0. The van der Waals surface area contributed by atoms with E-state index < -0.39 is 11.9 Å². The number of unbranched alkanes of at least 4 members (excludes halogenated alkanes) is 1. The Morgan fingerprint density at radius 2 is 1.75 bits per heavy atom. The zero-order valence-corrected chi connectivity index (χ0v) is 16.6. The van der Waals surface area contributed by atoms with E-state index in [1.54, 1.807) is 42.5 Å². The van der Waals surface area contributed by atoms with E-state index in [1.807, 2.05) is 0 Å². The molecule has 0 aliphatic heterocycles. The normalized spacial score (nSPS) is 10.0. The number of rotatable bonds is 10. The molecule has 0 saturated carbocycles. The molecule has 7 heteroatoms. The fourth-order valence-corrected chi connectivity index (χ4v) is 2.62. The summed E-state index contributed by atoms with van der Waals surface area (Å²) in [5.74, 6) is -0.00511. The van der Waals surface area contributed by atoms with Crippen LogP contribution in [0.2, 0.25) is 0 Å². The second-order valence-corrected chi connectivity index (χ2v) is 6.50. The van der Waals surface area contributed by atoms with Gasteiger partial charge >= 0.3 is 11.9 Å². The topological polar surface area (TPSA) is 78.9 Å². The van der Waals surface area contributed by atoms with Gasteiger partial charge in [0, 0.05) is 11.6 Å². The SMILES string of the molecule is C=CC(=O)OCCCCOc1ccc(C(=O)Oc2ccc(C=O)cc2Br)cc1. The summed E-state index contributed by atoms with van der Waals surface area (Å²) in [7, 11) is 0. The van der Waals surface area contributed by atoms with E-state index in [-0.39, 0.29) is 0 Å². The van der Waals surface area contributed by atoms with E-state index in [4.69, 9.17) is 14.2 Å². The first-order chi connectivity index (χ1) is 13.5. The number of carbonyl (C=O) groups is 3. The molecule has 2 rings (SSSR count). The number of benzene rings is 2. The van der Waals surface area contributed by atoms with E-state index in [9.17, 15) is 14.4 Å². The van der Waals surface area contributed by atoms with Crippen molar-refractivity contribution in [2.75, 3.05) is 13.2 Å². The van der Waals surface area contributed by atoms with Crippen molar-refractivity contribution in [1.82, 2.24) is 0 Å². The second-order valence-electron chi connectivity index (χ2n) is 5.65. The van der Waals surface area contributed by atoms with Crippen molar-refractivity contribution in [3.63, 3.8) is 0 Å². The number of halogens is 1. The van der Waals surface area contributed by atoms with Gasteiger partial charge in [0.25, 0.3) is 0 Å². The summed E-state index contributed by atoms with van der Waals surface area (Å²) in [5.41, 5.74) is 0.849. The van der Waals surface area contributed by atoms with E-state index in [0.717, 1.165) is 12.5 Å². The molecular weight excluding hydrogens is 428 g/mol. The third-order valence-electron chi connectivity index (χ3n) is 3.60. The maximum Gasteiger partial charge on any atom is 0.343 e. The Morgan fingerprint density at radius 3 is 2.39 bits per heavy atom. The molecule has 146 valence electrons. The van der Waals surface area contributed by atoms with Gasteiger partial charge < -0.3 is 14.2 Å². The number of aldehydes is 1. The standard InChI is InChI=1S/C21H19BrO6/c1-2-20(24)27-12-4-3-11-26-17-8-6-16(7-9-17)21(25)28-19-10-5-15(14-23)13-18(19)22/h2,5-10,13-14H,1,3-4,11-12H2. The van der Waals surface area contributed by atoms with Crippen LogP contribution in [0.4, 0.5) is 0 Å². The molecule has 0 bridgehead atoms. The van der Waals surface area contributed by atoms with Gasteiger partial charge in [-0.15, -0.1) is 0 Å². The van der Waals surface area contributed by atoms with Crippen molar-refractivity contribution in [2.45, 2.75) is 12.8 Å². The van der Waals surface area contributed by atoms with Gasteiger partial charge in [0.1, 0.15) is 17.8 Å². The van der Waals surface area contributed by atoms with Crippen LogP contribution in [0, 0.1) is 0 Å². The third kappa shape index (κ3) is 6.66. The summed E-state index contributed by atoms with van der Waals surface area (Å²) in [5, 5.41) is 0. The average Bonchev–Trinajstić information content (AvgIpc) is 2.72. The second kappa shape index (κ2) is 11.0. The Labute approximate surface area is 171 Å². The maximum absolute atomic E-state index is 12.2. The number of hydrogen-bond acceptors (Lipinski definition) is 6. The Hall–Kier alpha value is -2.93. The van der Waals surface area contributed by atoms with Crippen molar-refractivity contribution in [3.05, 3.63) is 70.7 Å². The summed E-state index contributed by atoms with van der Waals surface area (Å²) >= 11 is 3.27. The Bertz CT molecular complexity index is 844. The fourth-order valence-electron chi connectivity index (χ4n) is 2.15. The molecule has 6 nitrogen and oxygen atoms in total. The molecule has 0 saturated heterocycles. The van der Waals surface area contributed by atoms with Crippen LogP contribution < -0.4 is 9.47 Å². The average molecular weight is 447 g/mol. The van der Waals surface area contributed by atoms with E-state index in [0.29, 0.717) is 53.0 Å². The summed E-state index contributed by atoms with van der Waals surface area (Å²) < 4.78 is 16.3. The maximum atomic E-state index is 12.2. The van der Waals surface area contributed by atoms with Gasteiger partial charge in [0.15, 0.2) is 0 Å². The predicted octanol–water partition coefficient (Wildman–Crippen LogP) is 4.37. The molecule has 0 N–H and O–H groups in total. The molecule has 0 heterocycles. The molecule has 28 heavy (non-hydrogen) atoms. The van der Waals surface area contributed by atoms with E-state index >= 15 is 0 Å². The molecular formula is C21H19BrO6. The van der Waals surface area contributed by atoms with Crippen LogP contribution in [-0.4, -0.2) is 31.4 Å². The van der Waals surface area contributed by atoms with Crippen molar-refractivity contribution < 1.29 is 28.6 Å². The van der Waals surface area contributed by atoms with E-state index in [2.05, 4.69) is 22.5 Å². The molecule has 0 radical (unpaired) electrons. The molecule has 0 aliphatic rings. The van der Waals surface area contributed by atoms with Crippen LogP contribution in [0.25, 0.3) is 0 Å². The van der Waals surface area contributed by atoms with Gasteiger partial charge in [-0.1, -0.05) is 6.58 Å². The Kier molecular flexibility index (Phi) is 8.42. The quantitative estimate of drug-likeness (QED) is 0.177. The highest BCUT2D eigenvalue weighted by Crippen LogP contribution is 2.26. The molecule has 0 aliphatic carbocycles. The van der Waals surface area contributed by atoms with Crippen molar-refractivity contribution in [1.29, 1.82) is 0 Å². The molecule has 2 aromatic carbocycles. The zero-order valence-electron chi connectivity index (χ0n) is 15.1. The summed E-state index contributed by atoms with van der Waals surface area (Å²) in [6.45, 7) is 4.11. The van der Waals surface area contributed by atoms with Gasteiger partial charge in [-0.05, 0) is 71.2 Å². The van der Waals surface area contributed by atoms with Gasteiger partial charge in [0.2, 0.25) is 0 Å². The lowest BCUT2D eigenvalue weighted by atomic mass is 10.2. The molecule has 2 aromatic rings. The lowest BCUT2D eigenvalue weighted by Crippen LogP contribution is -2.09. The highest BCUT2D eigenvalue weighted by Gasteiger charge is 2.11. The van der Waals surface area contributed by atoms with Crippen LogP contribution >= 0.6 is 15.9 Å². The lowest BCUT2D eigenvalue weighted by molar-refractivity contribution is -0.137. The number of ether oxygens (including phenoxy) is 3. The van der Waals surface area contributed by atoms with Crippen molar-refractivity contribution >= 4 is 34.2 Å². The summed E-state index contributed by atoms with van der Waals surface area (Å²) in [4.78, 5) is 33.9. The van der Waals surface area contributed by atoms with Crippen molar-refractivity contribution in [3.8, 4) is 11.5 Å². The van der Waals surface area contributed by atoms with Gasteiger partial charge in [0.05, 0.1) is 23.2 Å². The van der Waals surface area contributed by atoms with Crippen LogP contribution in [0.1, 0.15) is 33.6 Å². The predicted molar refractivity (Wildman–Crippen MR) is 107 cm³/mol. The lowest BCUT2D eigenvalue weighted by Gasteiger charge is -2.09. The molecule has 0 unspecified atom stereocenters. The van der Waals surface area contributed by atoms with E-state index in [1.165, 1.54) is 0 Å². The van der Waals surface area contributed by atoms with Gasteiger partial charge in [-0.25, -0.2) is 9.59 Å². The highest BCUT2D eigenvalue weighted by molar-refractivity contribution is 9.10. The monoisotopic (exact) mass is 446 g/mol. The fraction of sp³-hybridized carbons (Fsp3) is 0.190. The summed E-state index contributed by atoms with van der Waals surface area (Å²) in [6.07, 6.45) is 3.24. The first kappa shape index (κ1) is 21.4. The first-order valence-electron chi connectivity index (χ1n) is 8.52. The minimum Gasteiger partial charge on any atom is -0.494 e. The Balaban J connectivity index is 1.80. The van der Waals surface area contributed by atoms with Gasteiger partial charge in [-0.2, -0.15) is 0 Å². The minimum absolute atomic E-state index is 0.322. The van der Waals surface area contributed by atoms with Crippen molar-refractivity contribution in [2.24, 2.45) is 0 Å². The number of carbonyl (C=O) groups excluding carboxylic acids is 3. The largest absolute Gasteiger partial charge is 0.494 e. The smallest absolute Gasteiger partial charge is 0.343 e. The summed E-state index contributed by atoms with van der Waals surface area (Å²) in [6, 6.07) is 11.3. The number of esters is 2. The molecule has 0 atom stereocenters. The first-order valence-corrected chi connectivity index (χ1v) is 9.31. The van der Waals surface area contributed by atoms with Crippen LogP contribution in [0.3, 0.4) is 0 Å². The third-order valence-corrected chi connectivity index (χ3v) is 4.22. The van der Waals surface area contributed by atoms with Crippen LogP contribution in [-0.2, 0) is 9.53 Å². The molecule has 0 aromatic heterocycles. The molecule has 0 fully saturated rings.